The van der Waals surface area contributed by atoms with E-state index in [4.69, 9.17) is 11.6 Å². The Labute approximate surface area is 111 Å². The van der Waals surface area contributed by atoms with Crippen LogP contribution in [0.15, 0.2) is 6.20 Å². The molecule has 6 heteroatoms. The van der Waals surface area contributed by atoms with Gasteiger partial charge in [-0.1, -0.05) is 0 Å². The van der Waals surface area contributed by atoms with Crippen LogP contribution in [0.1, 0.15) is 12.8 Å². The molecule has 0 atom stereocenters. The van der Waals surface area contributed by atoms with Crippen molar-refractivity contribution >= 4 is 17.4 Å². The van der Waals surface area contributed by atoms with Gasteiger partial charge >= 0.3 is 0 Å². The first-order valence-electron chi connectivity index (χ1n) is 6.38. The van der Waals surface area contributed by atoms with E-state index >= 15 is 0 Å². The van der Waals surface area contributed by atoms with Crippen molar-refractivity contribution in [1.82, 2.24) is 14.9 Å². The van der Waals surface area contributed by atoms with Crippen LogP contribution >= 0.6 is 11.6 Å². The maximum Gasteiger partial charge on any atom is 0.224 e. The Balaban J connectivity index is 1.62. The number of hydrogen-bond donors (Lipinski definition) is 0. The number of rotatable bonds is 3. The zero-order valence-electron chi connectivity index (χ0n) is 10.1. The molecule has 0 amide bonds. The second-order valence-corrected chi connectivity index (χ2v) is 5.38. The molecule has 18 heavy (non-hydrogen) atoms. The van der Waals surface area contributed by atoms with Crippen LogP contribution in [0.4, 0.5) is 10.2 Å². The summed E-state index contributed by atoms with van der Waals surface area (Å²) in [6.45, 7) is 4.74. The molecule has 0 N–H and O–H groups in total. The van der Waals surface area contributed by atoms with Gasteiger partial charge < -0.3 is 4.90 Å². The smallest absolute Gasteiger partial charge is 0.224 e. The van der Waals surface area contributed by atoms with Gasteiger partial charge in [0.25, 0.3) is 0 Å². The summed E-state index contributed by atoms with van der Waals surface area (Å²) in [5.41, 5.74) is 0. The zero-order valence-corrected chi connectivity index (χ0v) is 10.9. The van der Waals surface area contributed by atoms with Crippen LogP contribution in [0.5, 0.6) is 0 Å². The van der Waals surface area contributed by atoms with Crippen molar-refractivity contribution in [2.75, 3.05) is 37.6 Å². The second-order valence-electron chi connectivity index (χ2n) is 5.04. The number of halogens is 2. The second kappa shape index (κ2) is 4.97. The highest BCUT2D eigenvalue weighted by Gasteiger charge is 2.27. The summed E-state index contributed by atoms with van der Waals surface area (Å²) in [5.74, 6) is 0.845. The van der Waals surface area contributed by atoms with Crippen LogP contribution in [0.2, 0.25) is 5.28 Å². The molecule has 1 saturated heterocycles. The van der Waals surface area contributed by atoms with Gasteiger partial charge in [0, 0.05) is 32.7 Å². The molecule has 0 bridgehead atoms. The number of piperazine rings is 1. The Morgan fingerprint density at radius 2 is 2.00 bits per heavy atom. The van der Waals surface area contributed by atoms with Crippen LogP contribution in [0.25, 0.3) is 0 Å². The molecule has 0 aromatic carbocycles. The Kier molecular flexibility index (Phi) is 3.35. The van der Waals surface area contributed by atoms with Gasteiger partial charge in [-0.15, -0.1) is 0 Å². The molecule has 0 unspecified atom stereocenters. The van der Waals surface area contributed by atoms with Crippen LogP contribution in [-0.4, -0.2) is 47.6 Å². The molecule has 4 nitrogen and oxygen atoms in total. The van der Waals surface area contributed by atoms with Gasteiger partial charge in [-0.3, -0.25) is 4.90 Å². The third-order valence-electron chi connectivity index (χ3n) is 3.58. The lowest BCUT2D eigenvalue weighted by molar-refractivity contribution is 0.247. The molecule has 2 fully saturated rings. The molecule has 0 spiro atoms. The largest absolute Gasteiger partial charge is 0.351 e. The van der Waals surface area contributed by atoms with Crippen molar-refractivity contribution in [1.29, 1.82) is 0 Å². The molecule has 2 heterocycles. The van der Waals surface area contributed by atoms with E-state index in [1.807, 2.05) is 4.90 Å². The summed E-state index contributed by atoms with van der Waals surface area (Å²) < 4.78 is 13.6. The minimum Gasteiger partial charge on any atom is -0.351 e. The van der Waals surface area contributed by atoms with E-state index in [-0.39, 0.29) is 5.28 Å². The van der Waals surface area contributed by atoms with Crippen molar-refractivity contribution in [3.8, 4) is 0 Å². The molecular formula is C12H16ClFN4. The molecule has 1 saturated carbocycles. The minimum atomic E-state index is -0.393. The monoisotopic (exact) mass is 270 g/mol. The minimum absolute atomic E-state index is 0.104. The SMILES string of the molecule is Fc1cnc(Cl)nc1N1CCN(CC2CC2)CC1. The van der Waals surface area contributed by atoms with Crippen LogP contribution < -0.4 is 4.90 Å². The highest BCUT2D eigenvalue weighted by atomic mass is 35.5. The highest BCUT2D eigenvalue weighted by molar-refractivity contribution is 6.28. The fourth-order valence-corrected chi connectivity index (χ4v) is 2.50. The average molecular weight is 271 g/mol. The summed E-state index contributed by atoms with van der Waals surface area (Å²) in [5, 5.41) is 0.104. The van der Waals surface area contributed by atoms with Crippen molar-refractivity contribution < 1.29 is 4.39 Å². The maximum atomic E-state index is 13.6. The van der Waals surface area contributed by atoms with Crippen LogP contribution in [0, 0.1) is 11.7 Å². The van der Waals surface area contributed by atoms with E-state index in [0.717, 1.165) is 38.3 Å². The van der Waals surface area contributed by atoms with E-state index in [1.54, 1.807) is 0 Å². The van der Waals surface area contributed by atoms with E-state index in [0.29, 0.717) is 5.82 Å². The molecule has 2 aliphatic rings. The first kappa shape index (κ1) is 12.1. The quantitative estimate of drug-likeness (QED) is 0.784. The third kappa shape index (κ3) is 2.72. The predicted octanol–water partition coefficient (Wildman–Crippen LogP) is 1.80. The maximum absolute atomic E-state index is 13.6. The van der Waals surface area contributed by atoms with Gasteiger partial charge in [0.05, 0.1) is 6.20 Å². The Bertz CT molecular complexity index is 430. The molecule has 0 radical (unpaired) electrons. The lowest BCUT2D eigenvalue weighted by Crippen LogP contribution is -2.47. The normalized spacial score (nSPS) is 21.3. The molecule has 1 aromatic heterocycles. The van der Waals surface area contributed by atoms with Crippen molar-refractivity contribution in [2.24, 2.45) is 5.92 Å². The standard InChI is InChI=1S/C12H16ClFN4/c13-12-15-7-10(14)11(16-12)18-5-3-17(4-6-18)8-9-1-2-9/h7,9H,1-6,8H2. The highest BCUT2D eigenvalue weighted by Crippen LogP contribution is 2.30. The predicted molar refractivity (Wildman–Crippen MR) is 68.4 cm³/mol. The molecule has 1 aromatic rings. The van der Waals surface area contributed by atoms with Gasteiger partial charge in [-0.25, -0.2) is 9.37 Å². The molecular weight excluding hydrogens is 255 g/mol. The lowest BCUT2D eigenvalue weighted by Gasteiger charge is -2.35. The number of anilines is 1. The third-order valence-corrected chi connectivity index (χ3v) is 3.76. The van der Waals surface area contributed by atoms with Crippen molar-refractivity contribution in [3.63, 3.8) is 0 Å². The van der Waals surface area contributed by atoms with E-state index in [9.17, 15) is 4.39 Å². The van der Waals surface area contributed by atoms with E-state index in [1.165, 1.54) is 19.4 Å². The number of nitrogens with zero attached hydrogens (tertiary/aromatic N) is 4. The van der Waals surface area contributed by atoms with Crippen LogP contribution in [-0.2, 0) is 0 Å². The first-order valence-corrected chi connectivity index (χ1v) is 6.75. The molecule has 1 aliphatic carbocycles. The Morgan fingerprint density at radius 3 is 2.67 bits per heavy atom. The van der Waals surface area contributed by atoms with Crippen LogP contribution in [0.3, 0.4) is 0 Å². The van der Waals surface area contributed by atoms with Gasteiger partial charge in [0.2, 0.25) is 5.28 Å². The van der Waals surface area contributed by atoms with Crippen molar-refractivity contribution in [3.05, 3.63) is 17.3 Å². The van der Waals surface area contributed by atoms with Crippen molar-refractivity contribution in [2.45, 2.75) is 12.8 Å². The van der Waals surface area contributed by atoms with Gasteiger partial charge in [0.1, 0.15) is 0 Å². The van der Waals surface area contributed by atoms with Gasteiger partial charge in [-0.2, -0.15) is 4.98 Å². The summed E-state index contributed by atoms with van der Waals surface area (Å²) in [6, 6.07) is 0. The summed E-state index contributed by atoms with van der Waals surface area (Å²) in [6.07, 6.45) is 3.88. The molecule has 98 valence electrons. The topological polar surface area (TPSA) is 32.3 Å². The summed E-state index contributed by atoms with van der Waals surface area (Å²) in [4.78, 5) is 12.0. The Hall–Kier alpha value is -0.940. The fourth-order valence-electron chi connectivity index (χ4n) is 2.37. The number of aromatic nitrogens is 2. The zero-order chi connectivity index (χ0) is 12.5. The Morgan fingerprint density at radius 1 is 1.28 bits per heavy atom. The van der Waals surface area contributed by atoms with Gasteiger partial charge in [-0.05, 0) is 30.4 Å². The summed E-state index contributed by atoms with van der Waals surface area (Å²) >= 11 is 5.72. The number of hydrogen-bond acceptors (Lipinski definition) is 4. The fraction of sp³-hybridized carbons (Fsp3) is 0.667. The lowest BCUT2D eigenvalue weighted by atomic mass is 10.2. The van der Waals surface area contributed by atoms with E-state index < -0.39 is 5.82 Å². The summed E-state index contributed by atoms with van der Waals surface area (Å²) in [7, 11) is 0. The van der Waals surface area contributed by atoms with Gasteiger partial charge in [0.15, 0.2) is 11.6 Å². The molecule has 1 aliphatic heterocycles. The molecule has 3 rings (SSSR count). The first-order chi connectivity index (χ1) is 8.72. The van der Waals surface area contributed by atoms with E-state index in [2.05, 4.69) is 14.9 Å². The average Bonchev–Trinajstić information content (AvgIpc) is 3.17.